The van der Waals surface area contributed by atoms with Gasteiger partial charge in [-0.05, 0) is 99.1 Å². The lowest BCUT2D eigenvalue weighted by Gasteiger charge is -2.28. The summed E-state index contributed by atoms with van der Waals surface area (Å²) in [7, 11) is 0. The standard InChI is InChI=1S/C19H18Br4O5/c1-19(2,10-5-12(20)17(13(21)6-10)27-4-3-24)11-7-14(22)18(15(23)8-11)28-9-16(25)26/h5-8,24H,3-4,9H2,1-2H3,(H,25,26). The average Bonchev–Trinajstić information content (AvgIpc) is 2.59. The first kappa shape index (κ1) is 23.7. The van der Waals surface area contributed by atoms with Crippen molar-refractivity contribution in [1.29, 1.82) is 0 Å². The molecule has 2 rings (SSSR count). The maximum atomic E-state index is 10.8. The summed E-state index contributed by atoms with van der Waals surface area (Å²) in [5.41, 5.74) is 1.65. The lowest BCUT2D eigenvalue weighted by Crippen LogP contribution is -2.20. The maximum absolute atomic E-state index is 10.8. The smallest absolute Gasteiger partial charge is 0.341 e. The minimum atomic E-state index is -1.04. The molecule has 2 N–H and O–H groups in total. The number of ether oxygens (including phenoxy) is 2. The van der Waals surface area contributed by atoms with E-state index in [0.29, 0.717) is 20.4 Å². The number of carbonyl (C=O) groups is 1. The van der Waals surface area contributed by atoms with Gasteiger partial charge in [0.25, 0.3) is 0 Å². The molecule has 0 amide bonds. The van der Waals surface area contributed by atoms with E-state index in [0.717, 1.165) is 20.1 Å². The highest BCUT2D eigenvalue weighted by molar-refractivity contribution is 9.11. The van der Waals surface area contributed by atoms with Gasteiger partial charge in [0, 0.05) is 5.41 Å². The highest BCUT2D eigenvalue weighted by atomic mass is 79.9. The van der Waals surface area contributed by atoms with E-state index < -0.39 is 12.6 Å². The first-order valence-electron chi connectivity index (χ1n) is 8.15. The largest absolute Gasteiger partial charge is 0.489 e. The Balaban J connectivity index is 2.42. The Morgan fingerprint density at radius 3 is 1.64 bits per heavy atom. The molecule has 0 bridgehead atoms. The van der Waals surface area contributed by atoms with Crippen LogP contribution in [0.2, 0.25) is 0 Å². The minimum absolute atomic E-state index is 0.0650. The van der Waals surface area contributed by atoms with E-state index in [2.05, 4.69) is 77.6 Å². The number of hydrogen-bond acceptors (Lipinski definition) is 4. The lowest BCUT2D eigenvalue weighted by atomic mass is 9.78. The van der Waals surface area contributed by atoms with Crippen molar-refractivity contribution in [1.82, 2.24) is 0 Å². The van der Waals surface area contributed by atoms with E-state index in [4.69, 9.17) is 19.7 Å². The first-order valence-corrected chi connectivity index (χ1v) is 11.3. The molecular weight excluding hydrogens is 628 g/mol. The molecule has 0 spiro atoms. The van der Waals surface area contributed by atoms with Gasteiger partial charge in [0.2, 0.25) is 0 Å². The zero-order valence-corrected chi connectivity index (χ0v) is 21.4. The van der Waals surface area contributed by atoms with Crippen LogP contribution in [-0.2, 0) is 10.2 Å². The molecule has 0 unspecified atom stereocenters. The number of aliphatic carboxylic acids is 1. The van der Waals surface area contributed by atoms with Crippen LogP contribution < -0.4 is 9.47 Å². The van der Waals surface area contributed by atoms with E-state index >= 15 is 0 Å². The van der Waals surface area contributed by atoms with Crippen LogP contribution in [0.3, 0.4) is 0 Å². The second kappa shape index (κ2) is 9.93. The molecule has 0 atom stereocenters. The van der Waals surface area contributed by atoms with Crippen LogP contribution in [0.1, 0.15) is 25.0 Å². The molecule has 0 saturated carbocycles. The topological polar surface area (TPSA) is 76.0 Å². The normalized spacial score (nSPS) is 11.4. The van der Waals surface area contributed by atoms with Crippen LogP contribution in [0.25, 0.3) is 0 Å². The number of aliphatic hydroxyl groups is 1. The lowest BCUT2D eigenvalue weighted by molar-refractivity contribution is -0.139. The zero-order valence-electron chi connectivity index (χ0n) is 15.1. The third-order valence-electron chi connectivity index (χ3n) is 4.12. The Hall–Kier alpha value is -0.610. The van der Waals surface area contributed by atoms with Crippen molar-refractivity contribution >= 4 is 69.7 Å². The van der Waals surface area contributed by atoms with Gasteiger partial charge in [-0.15, -0.1) is 0 Å². The molecule has 152 valence electrons. The molecule has 0 heterocycles. The summed E-state index contributed by atoms with van der Waals surface area (Å²) < 4.78 is 13.8. The molecule has 0 aliphatic rings. The molecule has 0 aliphatic heterocycles. The summed E-state index contributed by atoms with van der Waals surface area (Å²) in [6.45, 7) is 3.89. The van der Waals surface area contributed by atoms with Gasteiger partial charge >= 0.3 is 5.97 Å². The molecule has 0 radical (unpaired) electrons. The molecule has 0 aliphatic carbocycles. The number of rotatable bonds is 8. The fourth-order valence-corrected chi connectivity index (χ4v) is 5.40. The maximum Gasteiger partial charge on any atom is 0.341 e. The van der Waals surface area contributed by atoms with Crippen molar-refractivity contribution in [3.05, 3.63) is 53.3 Å². The molecular formula is C19H18Br4O5. The van der Waals surface area contributed by atoms with E-state index in [1.165, 1.54) is 0 Å². The van der Waals surface area contributed by atoms with Crippen molar-refractivity contribution in [2.75, 3.05) is 19.8 Å². The number of hydrogen-bond donors (Lipinski definition) is 2. The molecule has 2 aromatic carbocycles. The van der Waals surface area contributed by atoms with E-state index in [1.54, 1.807) is 0 Å². The molecule has 9 heteroatoms. The van der Waals surface area contributed by atoms with Crippen LogP contribution >= 0.6 is 63.7 Å². The predicted octanol–water partition coefficient (Wildman–Crippen LogP) is 5.90. The van der Waals surface area contributed by atoms with Gasteiger partial charge in [0.15, 0.2) is 6.61 Å². The van der Waals surface area contributed by atoms with E-state index in [9.17, 15) is 4.79 Å². The first-order chi connectivity index (χ1) is 13.1. The zero-order chi connectivity index (χ0) is 21.1. The quantitative estimate of drug-likeness (QED) is 0.374. The molecule has 28 heavy (non-hydrogen) atoms. The summed E-state index contributed by atoms with van der Waals surface area (Å²) in [6.07, 6.45) is 0. The molecule has 2 aromatic rings. The SMILES string of the molecule is CC(C)(c1cc(Br)c(OCCO)c(Br)c1)c1cc(Br)c(OCC(=O)O)c(Br)c1. The fraction of sp³-hybridized carbons (Fsp3) is 0.316. The summed E-state index contributed by atoms with van der Waals surface area (Å²) in [5, 5.41) is 17.8. The molecule has 0 fully saturated rings. The Morgan fingerprint density at radius 1 is 0.893 bits per heavy atom. The van der Waals surface area contributed by atoms with E-state index in [-0.39, 0.29) is 18.6 Å². The Morgan fingerprint density at radius 2 is 1.29 bits per heavy atom. The number of carboxylic acid groups (broad SMARTS) is 1. The van der Waals surface area contributed by atoms with Crippen LogP contribution in [0, 0.1) is 0 Å². The van der Waals surface area contributed by atoms with Gasteiger partial charge in [-0.3, -0.25) is 0 Å². The van der Waals surface area contributed by atoms with Gasteiger partial charge in [0.05, 0.1) is 24.5 Å². The molecule has 5 nitrogen and oxygen atoms in total. The van der Waals surface area contributed by atoms with E-state index in [1.807, 2.05) is 24.3 Å². The van der Waals surface area contributed by atoms with Gasteiger partial charge < -0.3 is 19.7 Å². The summed E-state index contributed by atoms with van der Waals surface area (Å²) in [6, 6.07) is 7.79. The number of benzene rings is 2. The fourth-order valence-electron chi connectivity index (χ4n) is 2.57. The predicted molar refractivity (Wildman–Crippen MR) is 122 cm³/mol. The van der Waals surface area contributed by atoms with Gasteiger partial charge in [0.1, 0.15) is 18.1 Å². The van der Waals surface area contributed by atoms with Crippen LogP contribution in [0.15, 0.2) is 42.2 Å². The molecule has 0 saturated heterocycles. The van der Waals surface area contributed by atoms with Crippen molar-refractivity contribution in [2.45, 2.75) is 19.3 Å². The monoisotopic (exact) mass is 642 g/mol. The van der Waals surface area contributed by atoms with Gasteiger partial charge in [-0.25, -0.2) is 4.79 Å². The number of aliphatic hydroxyl groups excluding tert-OH is 1. The third kappa shape index (κ3) is 5.50. The average molecular weight is 646 g/mol. The highest BCUT2D eigenvalue weighted by Gasteiger charge is 2.27. The van der Waals surface area contributed by atoms with Crippen molar-refractivity contribution < 1.29 is 24.5 Å². The Labute approximate surface area is 196 Å². The third-order valence-corrected chi connectivity index (χ3v) is 6.47. The second-order valence-corrected chi connectivity index (χ2v) is 9.83. The minimum Gasteiger partial charge on any atom is -0.489 e. The van der Waals surface area contributed by atoms with Crippen LogP contribution in [0.4, 0.5) is 0 Å². The summed E-state index contributed by atoms with van der Waals surface area (Å²) in [4.78, 5) is 10.8. The summed E-state index contributed by atoms with van der Waals surface area (Å²) >= 11 is 14.0. The van der Waals surface area contributed by atoms with Crippen molar-refractivity contribution in [2.24, 2.45) is 0 Å². The second-order valence-electron chi connectivity index (χ2n) is 6.42. The van der Waals surface area contributed by atoms with Crippen LogP contribution in [0.5, 0.6) is 11.5 Å². The van der Waals surface area contributed by atoms with Crippen molar-refractivity contribution in [3.8, 4) is 11.5 Å². The Bertz CT molecular complexity index is 837. The molecule has 0 aromatic heterocycles. The summed E-state index contributed by atoms with van der Waals surface area (Å²) in [5.74, 6) is 0.0341. The highest BCUT2D eigenvalue weighted by Crippen LogP contribution is 2.44. The van der Waals surface area contributed by atoms with Crippen LogP contribution in [-0.4, -0.2) is 36.0 Å². The number of carboxylic acids is 1. The van der Waals surface area contributed by atoms with Gasteiger partial charge in [-0.2, -0.15) is 0 Å². The number of halogens is 4. The Kier molecular flexibility index (Phi) is 8.39. The van der Waals surface area contributed by atoms with Crippen molar-refractivity contribution in [3.63, 3.8) is 0 Å². The van der Waals surface area contributed by atoms with Gasteiger partial charge in [-0.1, -0.05) is 13.8 Å².